The fraction of sp³-hybridized carbons (Fsp3) is 0.200. The van der Waals surface area contributed by atoms with E-state index in [1.807, 2.05) is 31.3 Å². The molecule has 2 heterocycles. The summed E-state index contributed by atoms with van der Waals surface area (Å²) in [7, 11) is 1.83. The molecule has 0 aliphatic heterocycles. The summed E-state index contributed by atoms with van der Waals surface area (Å²) in [5, 5.41) is 7.47. The van der Waals surface area contributed by atoms with Gasteiger partial charge in [0, 0.05) is 22.1 Å². The average molecular weight is 363 g/mol. The van der Waals surface area contributed by atoms with E-state index in [4.69, 9.17) is 0 Å². The summed E-state index contributed by atoms with van der Waals surface area (Å²) >= 11 is 5.16. The maximum atomic E-state index is 4.55. The molecule has 0 atom stereocenters. The molecular weight excluding hydrogens is 348 g/mol. The largest absolute Gasteiger partial charge is 0.357 e. The molecule has 0 amide bonds. The van der Waals surface area contributed by atoms with E-state index in [0.717, 1.165) is 32.6 Å². The Morgan fingerprint density at radius 3 is 2.62 bits per heavy atom. The van der Waals surface area contributed by atoms with Crippen LogP contribution in [0, 0.1) is 0 Å². The van der Waals surface area contributed by atoms with Crippen LogP contribution in [0.15, 0.2) is 34.8 Å². The van der Waals surface area contributed by atoms with Crippen molar-refractivity contribution in [1.82, 2.24) is 9.97 Å². The fourth-order valence-corrected chi connectivity index (χ4v) is 3.25. The minimum atomic E-state index is 0.631. The molecule has 3 rings (SSSR count). The highest BCUT2D eigenvalue weighted by molar-refractivity contribution is 9.10. The first-order chi connectivity index (χ1) is 10.2. The van der Waals surface area contributed by atoms with E-state index in [1.165, 1.54) is 4.88 Å². The van der Waals surface area contributed by atoms with Crippen LogP contribution in [0.2, 0.25) is 0 Å². The summed E-state index contributed by atoms with van der Waals surface area (Å²) in [6, 6.07) is 10.2. The molecule has 0 radical (unpaired) electrons. The number of anilines is 3. The number of aryl methyl sites for hydroxylation is 1. The maximum absolute atomic E-state index is 4.55. The smallest absolute Gasteiger partial charge is 0.225 e. The van der Waals surface area contributed by atoms with Crippen molar-refractivity contribution in [3.8, 4) is 0 Å². The van der Waals surface area contributed by atoms with Crippen molar-refractivity contribution in [3.63, 3.8) is 0 Å². The van der Waals surface area contributed by atoms with Gasteiger partial charge in [-0.1, -0.05) is 22.9 Å². The average Bonchev–Trinajstić information content (AvgIpc) is 2.92. The highest BCUT2D eigenvalue weighted by Crippen LogP contribution is 2.32. The van der Waals surface area contributed by atoms with Crippen molar-refractivity contribution in [2.75, 3.05) is 17.7 Å². The van der Waals surface area contributed by atoms with Gasteiger partial charge in [-0.05, 0) is 36.8 Å². The lowest BCUT2D eigenvalue weighted by molar-refractivity contribution is 1.19. The highest BCUT2D eigenvalue weighted by atomic mass is 79.9. The molecule has 0 bridgehead atoms. The van der Waals surface area contributed by atoms with Gasteiger partial charge >= 0.3 is 0 Å². The van der Waals surface area contributed by atoms with Gasteiger partial charge in [0.25, 0.3) is 0 Å². The topological polar surface area (TPSA) is 49.8 Å². The predicted octanol–water partition coefficient (Wildman–Crippen LogP) is 4.80. The third-order valence-corrected chi connectivity index (χ3v) is 4.82. The second-order valence-corrected chi connectivity index (χ2v) is 6.59. The first-order valence-electron chi connectivity index (χ1n) is 6.70. The lowest BCUT2D eigenvalue weighted by Gasteiger charge is -2.08. The molecular formula is C15H15BrN4S. The number of hydrogen-bond donors (Lipinski definition) is 2. The van der Waals surface area contributed by atoms with Gasteiger partial charge in [-0.25, -0.2) is 4.98 Å². The Morgan fingerprint density at radius 1 is 1.19 bits per heavy atom. The maximum Gasteiger partial charge on any atom is 0.225 e. The molecule has 6 heteroatoms. The van der Waals surface area contributed by atoms with Crippen LogP contribution in [0.1, 0.15) is 11.8 Å². The van der Waals surface area contributed by atoms with E-state index in [2.05, 4.69) is 49.5 Å². The molecule has 0 unspecified atom stereocenters. The van der Waals surface area contributed by atoms with Crippen molar-refractivity contribution in [2.45, 2.75) is 13.3 Å². The Bertz CT molecular complexity index is 767. The lowest BCUT2D eigenvalue weighted by Crippen LogP contribution is -2.00. The monoisotopic (exact) mass is 362 g/mol. The normalized spacial score (nSPS) is 10.8. The van der Waals surface area contributed by atoms with Gasteiger partial charge < -0.3 is 10.6 Å². The molecule has 0 fully saturated rings. The minimum absolute atomic E-state index is 0.631. The number of benzene rings is 1. The van der Waals surface area contributed by atoms with Crippen LogP contribution in [-0.4, -0.2) is 17.0 Å². The summed E-state index contributed by atoms with van der Waals surface area (Å²) in [6.45, 7) is 2.15. The molecule has 0 saturated heterocycles. The molecule has 2 N–H and O–H groups in total. The zero-order valence-electron chi connectivity index (χ0n) is 11.8. The zero-order valence-corrected chi connectivity index (χ0v) is 14.2. The fourth-order valence-electron chi connectivity index (χ4n) is 2.02. The van der Waals surface area contributed by atoms with Gasteiger partial charge in [0.1, 0.15) is 10.6 Å². The van der Waals surface area contributed by atoms with Crippen LogP contribution >= 0.6 is 27.3 Å². The number of nitrogens with one attached hydrogen (secondary N) is 2. The highest BCUT2D eigenvalue weighted by Gasteiger charge is 2.11. The Hall–Kier alpha value is -1.66. The van der Waals surface area contributed by atoms with Crippen LogP contribution in [0.4, 0.5) is 17.5 Å². The number of aromatic nitrogens is 2. The molecule has 0 aliphatic carbocycles. The molecule has 1 aromatic carbocycles. The van der Waals surface area contributed by atoms with Crippen molar-refractivity contribution >= 4 is 54.9 Å². The first-order valence-corrected chi connectivity index (χ1v) is 8.31. The molecule has 4 nitrogen and oxygen atoms in total. The Labute approximate surface area is 135 Å². The van der Waals surface area contributed by atoms with Gasteiger partial charge in [0.2, 0.25) is 5.95 Å². The summed E-state index contributed by atoms with van der Waals surface area (Å²) in [5.74, 6) is 1.47. The number of halogens is 1. The lowest BCUT2D eigenvalue weighted by atomic mass is 10.3. The van der Waals surface area contributed by atoms with Gasteiger partial charge in [0.15, 0.2) is 0 Å². The van der Waals surface area contributed by atoms with Crippen molar-refractivity contribution in [3.05, 3.63) is 39.7 Å². The summed E-state index contributed by atoms with van der Waals surface area (Å²) in [5.41, 5.74) is 1.00. The number of thiophene rings is 1. The van der Waals surface area contributed by atoms with Crippen molar-refractivity contribution < 1.29 is 0 Å². The van der Waals surface area contributed by atoms with Crippen LogP contribution < -0.4 is 10.6 Å². The zero-order chi connectivity index (χ0) is 14.8. The van der Waals surface area contributed by atoms with Gasteiger partial charge in [0.05, 0.1) is 5.39 Å². The van der Waals surface area contributed by atoms with Crippen molar-refractivity contribution in [1.29, 1.82) is 0 Å². The Balaban J connectivity index is 2.06. The summed E-state index contributed by atoms with van der Waals surface area (Å²) in [4.78, 5) is 11.4. The van der Waals surface area contributed by atoms with E-state index in [-0.39, 0.29) is 0 Å². The summed E-state index contributed by atoms with van der Waals surface area (Å²) in [6.07, 6.45) is 1.01. The van der Waals surface area contributed by atoms with Gasteiger partial charge in [-0.15, -0.1) is 11.3 Å². The van der Waals surface area contributed by atoms with Crippen LogP contribution in [-0.2, 0) is 6.42 Å². The molecule has 0 spiro atoms. The molecule has 21 heavy (non-hydrogen) atoms. The molecule has 0 saturated carbocycles. The number of nitrogens with zero attached hydrogens (tertiary/aromatic N) is 2. The van der Waals surface area contributed by atoms with E-state index < -0.39 is 0 Å². The van der Waals surface area contributed by atoms with E-state index in [0.29, 0.717) is 5.95 Å². The first kappa shape index (κ1) is 14.3. The third kappa shape index (κ3) is 3.01. The van der Waals surface area contributed by atoms with E-state index in [9.17, 15) is 0 Å². The predicted molar refractivity (Wildman–Crippen MR) is 93.8 cm³/mol. The van der Waals surface area contributed by atoms with Gasteiger partial charge in [-0.3, -0.25) is 0 Å². The number of hydrogen-bond acceptors (Lipinski definition) is 5. The molecule has 2 aromatic heterocycles. The van der Waals surface area contributed by atoms with Gasteiger partial charge in [-0.2, -0.15) is 4.98 Å². The van der Waals surface area contributed by atoms with Crippen molar-refractivity contribution in [2.24, 2.45) is 0 Å². The van der Waals surface area contributed by atoms with Crippen LogP contribution in [0.25, 0.3) is 10.2 Å². The molecule has 3 aromatic rings. The quantitative estimate of drug-likeness (QED) is 0.699. The SMILES string of the molecule is CCc1cc2c(Nc3ccc(Br)cc3)nc(NC)nc2s1. The number of rotatable bonds is 4. The molecule has 0 aliphatic rings. The Kier molecular flexibility index (Phi) is 4.07. The number of fused-ring (bicyclic) bond motifs is 1. The minimum Gasteiger partial charge on any atom is -0.357 e. The second kappa shape index (κ2) is 5.99. The van der Waals surface area contributed by atoms with Crippen LogP contribution in [0.3, 0.4) is 0 Å². The van der Waals surface area contributed by atoms with Crippen LogP contribution in [0.5, 0.6) is 0 Å². The van der Waals surface area contributed by atoms with E-state index >= 15 is 0 Å². The second-order valence-electron chi connectivity index (χ2n) is 4.56. The van der Waals surface area contributed by atoms with E-state index in [1.54, 1.807) is 11.3 Å². The third-order valence-electron chi connectivity index (χ3n) is 3.12. The Morgan fingerprint density at radius 2 is 1.95 bits per heavy atom. The molecule has 108 valence electrons. The standard InChI is InChI=1S/C15H15BrN4S/c1-3-11-8-12-13(18-10-6-4-9(16)5-7-10)19-15(17-2)20-14(12)21-11/h4-8H,3H2,1-2H3,(H2,17,18,19,20). The summed E-state index contributed by atoms with van der Waals surface area (Å²) < 4.78 is 1.06.